The third-order valence-electron chi connectivity index (χ3n) is 4.47. The predicted octanol–water partition coefficient (Wildman–Crippen LogP) is 5.02. The molecule has 4 rings (SSSR count). The fourth-order valence-electron chi connectivity index (χ4n) is 3.06. The van der Waals surface area contributed by atoms with E-state index in [4.69, 9.17) is 4.74 Å². The minimum Gasteiger partial charge on any atom is -0.493 e. The lowest BCUT2D eigenvalue weighted by atomic mass is 10.00. The Hall–Kier alpha value is -2.64. The molecule has 1 aliphatic rings. The molecule has 1 atom stereocenters. The first-order chi connectivity index (χ1) is 13.6. The summed E-state index contributed by atoms with van der Waals surface area (Å²) in [4.78, 5) is 25.4. The second-order valence-electron chi connectivity index (χ2n) is 6.35. The van der Waals surface area contributed by atoms with Gasteiger partial charge >= 0.3 is 0 Å². The van der Waals surface area contributed by atoms with Crippen molar-refractivity contribution in [3.05, 3.63) is 80.5 Å². The third-order valence-corrected chi connectivity index (χ3v) is 5.83. The van der Waals surface area contributed by atoms with E-state index in [1.54, 1.807) is 30.3 Å². The van der Waals surface area contributed by atoms with E-state index in [-0.39, 0.29) is 17.9 Å². The summed E-state index contributed by atoms with van der Waals surface area (Å²) in [7, 11) is 0. The SMILES string of the molecule is O=C(NC1CCOc2ccc(Br)cc21)c1ccc(NC(=O)c2cccs2)cc1. The van der Waals surface area contributed by atoms with Crippen LogP contribution in [0.2, 0.25) is 0 Å². The van der Waals surface area contributed by atoms with Crippen molar-refractivity contribution in [2.45, 2.75) is 12.5 Å². The highest BCUT2D eigenvalue weighted by Gasteiger charge is 2.23. The molecule has 0 radical (unpaired) electrons. The van der Waals surface area contributed by atoms with E-state index in [0.29, 0.717) is 29.2 Å². The Kier molecular flexibility index (Phi) is 5.45. The van der Waals surface area contributed by atoms with Crippen molar-refractivity contribution in [2.75, 3.05) is 11.9 Å². The lowest BCUT2D eigenvalue weighted by Crippen LogP contribution is -2.32. The van der Waals surface area contributed by atoms with E-state index >= 15 is 0 Å². The number of hydrogen-bond acceptors (Lipinski definition) is 4. The van der Waals surface area contributed by atoms with Crippen LogP contribution in [-0.4, -0.2) is 18.4 Å². The van der Waals surface area contributed by atoms with Crippen molar-refractivity contribution in [1.29, 1.82) is 0 Å². The number of fused-ring (bicyclic) bond motifs is 1. The van der Waals surface area contributed by atoms with Gasteiger partial charge in [-0.2, -0.15) is 0 Å². The Bertz CT molecular complexity index is 1000. The topological polar surface area (TPSA) is 67.4 Å². The van der Waals surface area contributed by atoms with E-state index in [9.17, 15) is 9.59 Å². The zero-order valence-corrected chi connectivity index (χ0v) is 17.2. The van der Waals surface area contributed by atoms with E-state index in [1.807, 2.05) is 29.6 Å². The Balaban J connectivity index is 1.43. The first kappa shape index (κ1) is 18.7. The lowest BCUT2D eigenvalue weighted by molar-refractivity contribution is 0.0924. The molecule has 2 aromatic carbocycles. The molecule has 7 heteroatoms. The molecule has 2 amide bonds. The van der Waals surface area contributed by atoms with Gasteiger partial charge in [0.2, 0.25) is 0 Å². The molecule has 3 aromatic rings. The zero-order valence-electron chi connectivity index (χ0n) is 14.8. The number of rotatable bonds is 4. The van der Waals surface area contributed by atoms with Crippen LogP contribution in [0.1, 0.15) is 38.1 Å². The van der Waals surface area contributed by atoms with Gasteiger partial charge < -0.3 is 15.4 Å². The van der Waals surface area contributed by atoms with Crippen molar-refractivity contribution in [3.63, 3.8) is 0 Å². The fourth-order valence-corrected chi connectivity index (χ4v) is 4.06. The third kappa shape index (κ3) is 4.10. The van der Waals surface area contributed by atoms with Gasteiger partial charge in [-0.1, -0.05) is 22.0 Å². The maximum Gasteiger partial charge on any atom is 0.265 e. The number of hydrogen-bond donors (Lipinski definition) is 2. The average Bonchev–Trinajstić information content (AvgIpc) is 3.24. The molecule has 28 heavy (non-hydrogen) atoms. The van der Waals surface area contributed by atoms with Crippen LogP contribution in [0.15, 0.2) is 64.5 Å². The molecule has 1 aliphatic heterocycles. The molecule has 0 aliphatic carbocycles. The van der Waals surface area contributed by atoms with Crippen LogP contribution in [0.25, 0.3) is 0 Å². The largest absolute Gasteiger partial charge is 0.493 e. The van der Waals surface area contributed by atoms with Gasteiger partial charge in [-0.15, -0.1) is 11.3 Å². The Morgan fingerprint density at radius 1 is 1.07 bits per heavy atom. The number of nitrogens with one attached hydrogen (secondary N) is 2. The summed E-state index contributed by atoms with van der Waals surface area (Å²) in [5, 5.41) is 7.76. The minimum atomic E-state index is -0.158. The molecular weight excluding hydrogens is 440 g/mol. The Labute approximate surface area is 174 Å². The Morgan fingerprint density at radius 3 is 2.64 bits per heavy atom. The van der Waals surface area contributed by atoms with Crippen molar-refractivity contribution in [2.24, 2.45) is 0 Å². The van der Waals surface area contributed by atoms with Crippen LogP contribution in [-0.2, 0) is 0 Å². The second kappa shape index (κ2) is 8.16. The number of benzene rings is 2. The van der Waals surface area contributed by atoms with Gasteiger partial charge in [-0.3, -0.25) is 9.59 Å². The first-order valence-corrected chi connectivity index (χ1v) is 10.5. The molecule has 0 spiro atoms. The molecule has 2 N–H and O–H groups in total. The van der Waals surface area contributed by atoms with Crippen LogP contribution in [0.3, 0.4) is 0 Å². The summed E-state index contributed by atoms with van der Waals surface area (Å²) < 4.78 is 6.61. The maximum absolute atomic E-state index is 12.7. The second-order valence-corrected chi connectivity index (χ2v) is 8.22. The Morgan fingerprint density at radius 2 is 1.89 bits per heavy atom. The monoisotopic (exact) mass is 456 g/mol. The van der Waals surface area contributed by atoms with Gasteiger partial charge in [0, 0.05) is 27.7 Å². The smallest absolute Gasteiger partial charge is 0.265 e. The van der Waals surface area contributed by atoms with Gasteiger partial charge in [0.15, 0.2) is 0 Å². The number of thiophene rings is 1. The minimum absolute atomic E-state index is 0.105. The average molecular weight is 457 g/mol. The molecule has 0 saturated carbocycles. The fraction of sp³-hybridized carbons (Fsp3) is 0.143. The lowest BCUT2D eigenvalue weighted by Gasteiger charge is -2.27. The highest BCUT2D eigenvalue weighted by Crippen LogP contribution is 2.34. The molecule has 1 aromatic heterocycles. The number of ether oxygens (including phenoxy) is 1. The van der Waals surface area contributed by atoms with Gasteiger partial charge in [0.05, 0.1) is 17.5 Å². The molecule has 1 unspecified atom stereocenters. The van der Waals surface area contributed by atoms with E-state index in [0.717, 1.165) is 15.8 Å². The molecule has 0 bridgehead atoms. The van der Waals surface area contributed by atoms with Crippen molar-refractivity contribution in [3.8, 4) is 5.75 Å². The number of carbonyl (C=O) groups is 2. The summed E-state index contributed by atoms with van der Waals surface area (Å²) in [5.74, 6) is 0.483. The highest BCUT2D eigenvalue weighted by molar-refractivity contribution is 9.10. The standard InChI is InChI=1S/C21H17BrN2O3S/c22-14-5-8-18-16(12-14)17(9-10-27-18)24-20(25)13-3-6-15(7-4-13)23-21(26)19-2-1-11-28-19/h1-8,11-12,17H,9-10H2,(H,23,26)(H,24,25). The van der Waals surface area contributed by atoms with Crippen LogP contribution in [0.4, 0.5) is 5.69 Å². The summed E-state index contributed by atoms with van der Waals surface area (Å²) in [6.45, 7) is 0.563. The van der Waals surface area contributed by atoms with Gasteiger partial charge in [-0.25, -0.2) is 0 Å². The van der Waals surface area contributed by atoms with E-state index in [2.05, 4.69) is 26.6 Å². The van der Waals surface area contributed by atoms with Crippen LogP contribution in [0, 0.1) is 0 Å². The summed E-state index contributed by atoms with van der Waals surface area (Å²) in [6, 6.07) is 16.2. The first-order valence-electron chi connectivity index (χ1n) is 8.78. The number of amides is 2. The van der Waals surface area contributed by atoms with Crippen LogP contribution >= 0.6 is 27.3 Å². The normalized spacial score (nSPS) is 15.2. The van der Waals surface area contributed by atoms with Crippen LogP contribution < -0.4 is 15.4 Å². The molecular formula is C21H17BrN2O3S. The highest BCUT2D eigenvalue weighted by atomic mass is 79.9. The predicted molar refractivity (Wildman–Crippen MR) is 113 cm³/mol. The summed E-state index contributed by atoms with van der Waals surface area (Å²) in [6.07, 6.45) is 0.712. The summed E-state index contributed by atoms with van der Waals surface area (Å²) in [5.41, 5.74) is 2.15. The van der Waals surface area contributed by atoms with Gasteiger partial charge in [-0.05, 0) is 53.9 Å². The molecule has 0 saturated heterocycles. The van der Waals surface area contributed by atoms with E-state index in [1.165, 1.54) is 11.3 Å². The van der Waals surface area contributed by atoms with Crippen molar-refractivity contribution in [1.82, 2.24) is 5.32 Å². The van der Waals surface area contributed by atoms with E-state index < -0.39 is 0 Å². The van der Waals surface area contributed by atoms with Gasteiger partial charge in [0.25, 0.3) is 11.8 Å². The number of anilines is 1. The quantitative estimate of drug-likeness (QED) is 0.579. The van der Waals surface area contributed by atoms with Crippen molar-refractivity contribution >= 4 is 44.8 Å². The van der Waals surface area contributed by atoms with Crippen molar-refractivity contribution < 1.29 is 14.3 Å². The van der Waals surface area contributed by atoms with Gasteiger partial charge in [0.1, 0.15) is 5.75 Å². The molecule has 5 nitrogen and oxygen atoms in total. The number of carbonyl (C=O) groups excluding carboxylic acids is 2. The summed E-state index contributed by atoms with van der Waals surface area (Å²) >= 11 is 4.85. The zero-order chi connectivity index (χ0) is 19.5. The molecule has 0 fully saturated rings. The van der Waals surface area contributed by atoms with Crippen LogP contribution in [0.5, 0.6) is 5.75 Å². The number of halogens is 1. The molecule has 2 heterocycles. The maximum atomic E-state index is 12.7. The molecule has 142 valence electrons.